The summed E-state index contributed by atoms with van der Waals surface area (Å²) in [7, 11) is -3.79. The van der Waals surface area contributed by atoms with Gasteiger partial charge in [0.2, 0.25) is 0 Å². The number of hydrogen-bond acceptors (Lipinski definition) is 4. The summed E-state index contributed by atoms with van der Waals surface area (Å²) in [5.74, 6) is -1.60. The Bertz CT molecular complexity index is 713. The van der Waals surface area contributed by atoms with Crippen LogP contribution >= 0.6 is 0 Å². The van der Waals surface area contributed by atoms with E-state index in [-0.39, 0.29) is 11.3 Å². The molecule has 7 heteroatoms. The third-order valence-corrected chi connectivity index (χ3v) is 3.13. The Morgan fingerprint density at radius 1 is 1.39 bits per heavy atom. The molecule has 2 rings (SSSR count). The number of amides is 1. The minimum Gasteiger partial charge on any atom is -0.399 e. The highest BCUT2D eigenvalue weighted by atomic mass is 32.2. The maximum absolute atomic E-state index is 13.6. The van der Waals surface area contributed by atoms with Crippen molar-refractivity contribution in [1.82, 2.24) is 4.90 Å². The average molecular weight is 269 g/mol. The molecular weight excluding hydrogens is 259 g/mol. The topological polar surface area (TPSA) is 80.5 Å². The standard InChI is InChI=1S/C11H9FN2O3S/c12-10-7-8(13)1-2-9(10)11(15)14-3-5-18(16,17)6-4-14/h1-7H,13H2/i5D. The Morgan fingerprint density at radius 2 is 2.11 bits per heavy atom. The lowest BCUT2D eigenvalue weighted by Crippen LogP contribution is -2.23. The lowest BCUT2D eigenvalue weighted by Gasteiger charge is -2.16. The number of benzene rings is 1. The monoisotopic (exact) mass is 269 g/mol. The largest absolute Gasteiger partial charge is 0.399 e. The highest BCUT2D eigenvalue weighted by Gasteiger charge is 2.19. The molecule has 18 heavy (non-hydrogen) atoms. The normalized spacial score (nSPS) is 18.2. The third kappa shape index (κ3) is 2.40. The number of carbonyl (C=O) groups is 1. The van der Waals surface area contributed by atoms with Crippen molar-refractivity contribution < 1.29 is 19.0 Å². The third-order valence-electron chi connectivity index (χ3n) is 2.21. The van der Waals surface area contributed by atoms with Crippen LogP contribution in [0, 0.1) is 5.82 Å². The van der Waals surface area contributed by atoms with E-state index in [1.54, 1.807) is 0 Å². The van der Waals surface area contributed by atoms with Crippen LogP contribution in [0.3, 0.4) is 0 Å². The van der Waals surface area contributed by atoms with E-state index in [4.69, 9.17) is 7.10 Å². The molecule has 5 nitrogen and oxygen atoms in total. The molecular formula is C11H9FN2O3S. The van der Waals surface area contributed by atoms with Gasteiger partial charge in [-0.3, -0.25) is 9.69 Å². The van der Waals surface area contributed by atoms with Gasteiger partial charge in [-0.1, -0.05) is 0 Å². The molecule has 0 unspecified atom stereocenters. The van der Waals surface area contributed by atoms with E-state index >= 15 is 0 Å². The van der Waals surface area contributed by atoms with Crippen molar-refractivity contribution in [1.29, 1.82) is 0 Å². The van der Waals surface area contributed by atoms with Gasteiger partial charge in [0.05, 0.1) is 17.7 Å². The molecule has 1 aromatic rings. The molecule has 1 heterocycles. The van der Waals surface area contributed by atoms with Crippen LogP contribution in [-0.4, -0.2) is 19.2 Å². The van der Waals surface area contributed by atoms with Gasteiger partial charge in [0.1, 0.15) is 5.82 Å². The Kier molecular flexibility index (Phi) is 2.60. The predicted molar refractivity (Wildman–Crippen MR) is 64.2 cm³/mol. The molecule has 0 atom stereocenters. The zero-order valence-corrected chi connectivity index (χ0v) is 9.82. The number of halogens is 1. The first kappa shape index (κ1) is 11.0. The zero-order chi connectivity index (χ0) is 14.2. The SMILES string of the molecule is [2H]C1=CN(C(=O)c2ccc(N)cc2F)C=CS1(=O)=O. The fraction of sp³-hybridized carbons (Fsp3) is 0. The van der Waals surface area contributed by atoms with Crippen LogP contribution in [0.5, 0.6) is 0 Å². The molecule has 0 radical (unpaired) electrons. The van der Waals surface area contributed by atoms with E-state index in [1.165, 1.54) is 12.1 Å². The van der Waals surface area contributed by atoms with Crippen LogP contribution in [0.2, 0.25) is 0 Å². The molecule has 1 aromatic carbocycles. The molecule has 94 valence electrons. The smallest absolute Gasteiger partial charge is 0.264 e. The summed E-state index contributed by atoms with van der Waals surface area (Å²) < 4.78 is 43.3. The van der Waals surface area contributed by atoms with E-state index in [9.17, 15) is 17.6 Å². The molecule has 0 saturated carbocycles. The first-order valence-electron chi connectivity index (χ1n) is 5.30. The van der Waals surface area contributed by atoms with Gasteiger partial charge in [-0.2, -0.15) is 0 Å². The van der Waals surface area contributed by atoms with Crippen molar-refractivity contribution in [3.05, 3.63) is 52.8 Å². The van der Waals surface area contributed by atoms with Crippen molar-refractivity contribution in [2.75, 3.05) is 5.73 Å². The average Bonchev–Trinajstić information content (AvgIpc) is 2.32. The molecule has 0 spiro atoms. The maximum Gasteiger partial charge on any atom is 0.264 e. The quantitative estimate of drug-likeness (QED) is 0.777. The van der Waals surface area contributed by atoms with Gasteiger partial charge in [-0.05, 0) is 18.2 Å². The van der Waals surface area contributed by atoms with Crippen molar-refractivity contribution in [3.8, 4) is 0 Å². The molecule has 0 fully saturated rings. The van der Waals surface area contributed by atoms with Crippen LogP contribution in [0.25, 0.3) is 0 Å². The Labute approximate surface area is 104 Å². The number of sulfone groups is 1. The van der Waals surface area contributed by atoms with Gasteiger partial charge in [0.15, 0.2) is 9.84 Å². The van der Waals surface area contributed by atoms with Gasteiger partial charge in [-0.15, -0.1) is 0 Å². The highest BCUT2D eigenvalue weighted by Crippen LogP contribution is 2.16. The second kappa shape index (κ2) is 4.26. The van der Waals surface area contributed by atoms with Crippen LogP contribution in [0.1, 0.15) is 11.7 Å². The van der Waals surface area contributed by atoms with Crippen molar-refractivity contribution in [3.63, 3.8) is 0 Å². The summed E-state index contributed by atoms with van der Waals surface area (Å²) >= 11 is 0. The van der Waals surface area contributed by atoms with Gasteiger partial charge in [-0.25, -0.2) is 12.8 Å². The zero-order valence-electron chi connectivity index (χ0n) is 10.00. The molecule has 0 aliphatic carbocycles. The van der Waals surface area contributed by atoms with Gasteiger partial charge in [0, 0.05) is 18.1 Å². The summed E-state index contributed by atoms with van der Waals surface area (Å²) in [6, 6.07) is 3.54. The second-order valence-corrected chi connectivity index (χ2v) is 5.13. The molecule has 0 saturated heterocycles. The van der Waals surface area contributed by atoms with Crippen LogP contribution in [0.4, 0.5) is 10.1 Å². The first-order valence-corrected chi connectivity index (χ1v) is 6.35. The summed E-state index contributed by atoms with van der Waals surface area (Å²) in [6.45, 7) is 0. The van der Waals surface area contributed by atoms with Gasteiger partial charge < -0.3 is 5.73 Å². The van der Waals surface area contributed by atoms with E-state index in [0.717, 1.165) is 23.4 Å². The van der Waals surface area contributed by atoms with E-state index in [2.05, 4.69) is 0 Å². The summed E-state index contributed by atoms with van der Waals surface area (Å²) in [5, 5.41) is -0.0261. The Balaban J connectivity index is 2.37. The number of nitrogens with zero attached hydrogens (tertiary/aromatic N) is 1. The molecule has 1 aliphatic heterocycles. The fourth-order valence-corrected chi connectivity index (χ4v) is 1.96. The highest BCUT2D eigenvalue weighted by molar-refractivity contribution is 7.97. The van der Waals surface area contributed by atoms with Gasteiger partial charge in [0.25, 0.3) is 5.91 Å². The van der Waals surface area contributed by atoms with Gasteiger partial charge >= 0.3 is 0 Å². The minimum atomic E-state index is -3.79. The molecule has 2 N–H and O–H groups in total. The minimum absolute atomic E-state index is 0.169. The summed E-state index contributed by atoms with van der Waals surface area (Å²) in [4.78, 5) is 12.8. The lowest BCUT2D eigenvalue weighted by molar-refractivity contribution is 0.0865. The van der Waals surface area contributed by atoms with E-state index < -0.39 is 26.9 Å². The molecule has 0 bridgehead atoms. The number of rotatable bonds is 1. The van der Waals surface area contributed by atoms with Crippen LogP contribution in [0.15, 0.2) is 41.4 Å². The molecule has 1 amide bonds. The van der Waals surface area contributed by atoms with E-state index in [0.29, 0.717) is 5.41 Å². The second-order valence-electron chi connectivity index (χ2n) is 3.53. The van der Waals surface area contributed by atoms with Crippen molar-refractivity contribution in [2.24, 2.45) is 0 Å². The van der Waals surface area contributed by atoms with Crippen LogP contribution in [-0.2, 0) is 9.84 Å². The van der Waals surface area contributed by atoms with Crippen molar-refractivity contribution in [2.45, 2.75) is 0 Å². The number of nitrogen functional groups attached to an aromatic ring is 1. The summed E-state index contributed by atoms with van der Waals surface area (Å²) in [5.41, 5.74) is 5.27. The first-order chi connectivity index (χ1) is 8.81. The van der Waals surface area contributed by atoms with E-state index in [1.807, 2.05) is 0 Å². The maximum atomic E-state index is 13.6. The number of anilines is 1. The number of nitrogens with two attached hydrogens (primary N) is 1. The fourth-order valence-electron chi connectivity index (χ4n) is 1.33. The van der Waals surface area contributed by atoms with Crippen molar-refractivity contribution >= 4 is 21.4 Å². The van der Waals surface area contributed by atoms with Crippen LogP contribution < -0.4 is 5.73 Å². The lowest BCUT2D eigenvalue weighted by atomic mass is 10.1. The Hall–Kier alpha value is -2.15. The summed E-state index contributed by atoms with van der Waals surface area (Å²) in [6.07, 6.45) is 1.78. The molecule has 1 aliphatic rings. The molecule has 0 aromatic heterocycles. The predicted octanol–water partition coefficient (Wildman–Crippen LogP) is 1.22. The Morgan fingerprint density at radius 3 is 2.72 bits per heavy atom. The number of hydrogen-bond donors (Lipinski definition) is 1. The number of carbonyl (C=O) groups excluding carboxylic acids is 1.